The van der Waals surface area contributed by atoms with E-state index in [0.29, 0.717) is 44.1 Å². The highest BCUT2D eigenvalue weighted by atomic mass is 19.1. The molecule has 0 aliphatic carbocycles. The number of nitrogens with one attached hydrogen (secondary N) is 2. The van der Waals surface area contributed by atoms with Crippen molar-refractivity contribution in [2.45, 2.75) is 0 Å². The first kappa shape index (κ1) is 18.8. The smallest absolute Gasteiger partial charge is 0.250 e. The molecular weight excluding hydrogens is 373 g/mol. The monoisotopic (exact) mass is 393 g/mol. The highest BCUT2D eigenvalue weighted by Crippen LogP contribution is 2.18. The summed E-state index contributed by atoms with van der Waals surface area (Å²) in [4.78, 5) is 15.4. The molecule has 1 fully saturated rings. The van der Waals surface area contributed by atoms with Crippen molar-refractivity contribution in [1.29, 1.82) is 0 Å². The Morgan fingerprint density at radius 2 is 1.66 bits per heavy atom. The Hall–Kier alpha value is -3.59. The molecule has 0 spiro atoms. The second-order valence-electron chi connectivity index (χ2n) is 6.29. The van der Waals surface area contributed by atoms with Gasteiger partial charge in [-0.05, 0) is 29.8 Å². The predicted molar refractivity (Wildman–Crippen MR) is 110 cm³/mol. The van der Waals surface area contributed by atoms with Crippen molar-refractivity contribution in [3.8, 4) is 0 Å². The number of benzene rings is 2. The average Bonchev–Trinajstić information content (AvgIpc) is 2.76. The van der Waals surface area contributed by atoms with E-state index in [4.69, 9.17) is 4.74 Å². The molecule has 4 rings (SSSR count). The number of anilines is 4. The Labute approximate surface area is 167 Å². The van der Waals surface area contributed by atoms with Gasteiger partial charge in [0.15, 0.2) is 0 Å². The fraction of sp³-hybridized carbons (Fsp3) is 0.200. The van der Waals surface area contributed by atoms with E-state index in [2.05, 4.69) is 30.8 Å². The summed E-state index contributed by atoms with van der Waals surface area (Å²) in [6.07, 6.45) is 1.57. The maximum absolute atomic E-state index is 13.0. The zero-order valence-corrected chi connectivity index (χ0v) is 15.6. The van der Waals surface area contributed by atoms with Crippen LogP contribution in [-0.4, -0.2) is 47.5 Å². The molecule has 0 atom stereocenters. The van der Waals surface area contributed by atoms with E-state index in [1.165, 1.54) is 12.1 Å². The van der Waals surface area contributed by atoms with Gasteiger partial charge in [-0.15, -0.1) is 0 Å². The van der Waals surface area contributed by atoms with Crippen LogP contribution in [0.25, 0.3) is 0 Å². The Kier molecular flexibility index (Phi) is 5.87. The van der Waals surface area contributed by atoms with Crippen LogP contribution in [0.5, 0.6) is 0 Å². The first-order valence-corrected chi connectivity index (χ1v) is 9.22. The molecule has 9 heteroatoms. The molecule has 1 aliphatic heterocycles. The zero-order chi connectivity index (χ0) is 19.9. The minimum absolute atomic E-state index is 0.292. The van der Waals surface area contributed by atoms with Crippen molar-refractivity contribution in [3.63, 3.8) is 0 Å². The number of rotatable bonds is 6. The first-order chi connectivity index (χ1) is 14.3. The summed E-state index contributed by atoms with van der Waals surface area (Å²) in [5.74, 6) is 0.964. The second kappa shape index (κ2) is 9.07. The van der Waals surface area contributed by atoms with Gasteiger partial charge in [0.1, 0.15) is 5.82 Å². The summed E-state index contributed by atoms with van der Waals surface area (Å²) in [6, 6.07) is 15.7. The van der Waals surface area contributed by atoms with E-state index < -0.39 is 0 Å². The van der Waals surface area contributed by atoms with Gasteiger partial charge in [-0.2, -0.15) is 20.1 Å². The van der Waals surface area contributed by atoms with Crippen LogP contribution in [0.4, 0.5) is 27.9 Å². The van der Waals surface area contributed by atoms with Crippen LogP contribution in [0.3, 0.4) is 0 Å². The highest BCUT2D eigenvalue weighted by molar-refractivity contribution is 5.79. The van der Waals surface area contributed by atoms with Gasteiger partial charge in [-0.25, -0.2) is 9.82 Å². The van der Waals surface area contributed by atoms with Crippen LogP contribution >= 0.6 is 0 Å². The third-order valence-electron chi connectivity index (χ3n) is 4.20. The van der Waals surface area contributed by atoms with Gasteiger partial charge in [-0.3, -0.25) is 0 Å². The van der Waals surface area contributed by atoms with E-state index >= 15 is 0 Å². The predicted octanol–water partition coefficient (Wildman–Crippen LogP) is 3.04. The van der Waals surface area contributed by atoms with Gasteiger partial charge in [0, 0.05) is 18.8 Å². The number of hydrazone groups is 1. The van der Waals surface area contributed by atoms with Crippen LogP contribution < -0.4 is 15.6 Å². The van der Waals surface area contributed by atoms with Crippen molar-refractivity contribution >= 4 is 29.7 Å². The Morgan fingerprint density at radius 1 is 0.931 bits per heavy atom. The number of para-hydroxylation sites is 1. The Balaban J connectivity index is 1.55. The molecule has 0 amide bonds. The van der Waals surface area contributed by atoms with Crippen LogP contribution in [0, 0.1) is 5.82 Å². The number of morpholine rings is 1. The van der Waals surface area contributed by atoms with E-state index in [0.717, 1.165) is 11.3 Å². The van der Waals surface area contributed by atoms with Crippen molar-refractivity contribution < 1.29 is 9.13 Å². The van der Waals surface area contributed by atoms with Crippen molar-refractivity contribution in [3.05, 3.63) is 66.0 Å². The maximum Gasteiger partial charge on any atom is 0.250 e. The minimum atomic E-state index is -0.292. The molecule has 3 aromatic rings. The fourth-order valence-electron chi connectivity index (χ4n) is 2.74. The third-order valence-corrected chi connectivity index (χ3v) is 4.20. The Bertz CT molecular complexity index is 960. The summed E-state index contributed by atoms with van der Waals surface area (Å²) < 4.78 is 18.4. The molecule has 0 saturated carbocycles. The second-order valence-corrected chi connectivity index (χ2v) is 6.29. The van der Waals surface area contributed by atoms with E-state index in [-0.39, 0.29) is 5.82 Å². The number of aromatic nitrogens is 3. The van der Waals surface area contributed by atoms with Crippen molar-refractivity contribution in [2.75, 3.05) is 41.9 Å². The molecule has 29 heavy (non-hydrogen) atoms. The normalized spacial score (nSPS) is 14.2. The molecular formula is C20H20FN7O. The minimum Gasteiger partial charge on any atom is -0.378 e. The SMILES string of the molecule is Fc1ccc(C=NNc2nc(Nc3ccccc3)nc(N3CCOCC3)n2)cc1. The summed E-state index contributed by atoms with van der Waals surface area (Å²) in [5.41, 5.74) is 4.45. The average molecular weight is 393 g/mol. The topological polar surface area (TPSA) is 87.6 Å². The third kappa shape index (κ3) is 5.23. The van der Waals surface area contributed by atoms with Gasteiger partial charge >= 0.3 is 0 Å². The highest BCUT2D eigenvalue weighted by Gasteiger charge is 2.16. The number of ether oxygens (including phenoxy) is 1. The molecule has 1 aliphatic rings. The van der Waals surface area contributed by atoms with E-state index in [1.54, 1.807) is 18.3 Å². The number of hydrogen-bond acceptors (Lipinski definition) is 8. The molecule has 1 aromatic heterocycles. The lowest BCUT2D eigenvalue weighted by atomic mass is 10.2. The molecule has 2 heterocycles. The first-order valence-electron chi connectivity index (χ1n) is 9.22. The van der Waals surface area contributed by atoms with Crippen molar-refractivity contribution in [1.82, 2.24) is 15.0 Å². The molecule has 148 valence electrons. The van der Waals surface area contributed by atoms with Gasteiger partial charge < -0.3 is 15.0 Å². The fourth-order valence-corrected chi connectivity index (χ4v) is 2.74. The molecule has 2 aromatic carbocycles. The quantitative estimate of drug-likeness (QED) is 0.492. The molecule has 2 N–H and O–H groups in total. The molecule has 0 bridgehead atoms. The van der Waals surface area contributed by atoms with Gasteiger partial charge in [0.2, 0.25) is 17.8 Å². The van der Waals surface area contributed by atoms with Crippen LogP contribution in [0.1, 0.15) is 5.56 Å². The van der Waals surface area contributed by atoms with Crippen LogP contribution in [0.2, 0.25) is 0 Å². The Morgan fingerprint density at radius 3 is 2.41 bits per heavy atom. The molecule has 1 saturated heterocycles. The standard InChI is InChI=1S/C20H20FN7O/c21-16-8-6-15(7-9-16)14-22-27-19-24-18(23-17-4-2-1-3-5-17)25-20(26-19)28-10-12-29-13-11-28/h1-9,14H,10-13H2,(H2,23,24,25,26,27). The number of hydrogen-bond donors (Lipinski definition) is 2. The zero-order valence-electron chi connectivity index (χ0n) is 15.6. The number of halogens is 1. The van der Waals surface area contributed by atoms with Crippen LogP contribution in [0.15, 0.2) is 59.7 Å². The largest absolute Gasteiger partial charge is 0.378 e. The lowest BCUT2D eigenvalue weighted by molar-refractivity contribution is 0.122. The van der Waals surface area contributed by atoms with E-state index in [1.807, 2.05) is 35.2 Å². The van der Waals surface area contributed by atoms with Crippen molar-refractivity contribution in [2.24, 2.45) is 5.10 Å². The lowest BCUT2D eigenvalue weighted by Gasteiger charge is -2.27. The molecule has 0 unspecified atom stereocenters. The van der Waals surface area contributed by atoms with E-state index in [9.17, 15) is 4.39 Å². The van der Waals surface area contributed by atoms with Crippen LogP contribution in [-0.2, 0) is 4.74 Å². The lowest BCUT2D eigenvalue weighted by Crippen LogP contribution is -2.37. The number of nitrogens with zero attached hydrogens (tertiary/aromatic N) is 5. The van der Waals surface area contributed by atoms with Gasteiger partial charge in [0.05, 0.1) is 19.4 Å². The van der Waals surface area contributed by atoms with Gasteiger partial charge in [-0.1, -0.05) is 30.3 Å². The summed E-state index contributed by atoms with van der Waals surface area (Å²) >= 11 is 0. The maximum atomic E-state index is 13.0. The summed E-state index contributed by atoms with van der Waals surface area (Å²) in [6.45, 7) is 2.65. The molecule has 8 nitrogen and oxygen atoms in total. The van der Waals surface area contributed by atoms with Gasteiger partial charge in [0.25, 0.3) is 0 Å². The summed E-state index contributed by atoms with van der Waals surface area (Å²) in [5, 5.41) is 7.34. The molecule has 0 radical (unpaired) electrons. The summed E-state index contributed by atoms with van der Waals surface area (Å²) in [7, 11) is 0.